The van der Waals surface area contributed by atoms with Gasteiger partial charge >= 0.3 is 5.97 Å². The van der Waals surface area contributed by atoms with Crippen LogP contribution in [-0.2, 0) is 25.3 Å². The Labute approximate surface area is 161 Å². The van der Waals surface area contributed by atoms with E-state index in [1.807, 2.05) is 31.2 Å². The minimum absolute atomic E-state index is 0.0364. The molecule has 1 aromatic rings. The average Bonchev–Trinajstić information content (AvgIpc) is 2.78. The number of benzene rings is 1. The van der Waals surface area contributed by atoms with Gasteiger partial charge in [0, 0.05) is 6.54 Å². The summed E-state index contributed by atoms with van der Waals surface area (Å²) in [6, 6.07) is 8.44. The van der Waals surface area contributed by atoms with E-state index < -0.39 is 25.4 Å². The van der Waals surface area contributed by atoms with E-state index in [0.717, 1.165) is 23.8 Å². The van der Waals surface area contributed by atoms with Crippen molar-refractivity contribution in [3.8, 4) is 5.75 Å². The first-order valence-electron chi connectivity index (χ1n) is 9.32. The van der Waals surface area contributed by atoms with Crippen LogP contribution in [0.15, 0.2) is 24.3 Å². The van der Waals surface area contributed by atoms with Crippen LogP contribution in [0.25, 0.3) is 0 Å². The van der Waals surface area contributed by atoms with E-state index in [-0.39, 0.29) is 11.8 Å². The molecule has 2 heterocycles. The van der Waals surface area contributed by atoms with Crippen LogP contribution in [0.2, 0.25) is 19.1 Å². The van der Waals surface area contributed by atoms with Gasteiger partial charge in [-0.1, -0.05) is 12.1 Å². The number of fused-ring (bicyclic) bond motifs is 1. The molecule has 0 unspecified atom stereocenters. The van der Waals surface area contributed by atoms with Crippen LogP contribution in [0, 0.1) is 5.92 Å². The molecule has 0 aliphatic carbocycles. The van der Waals surface area contributed by atoms with Crippen molar-refractivity contribution in [2.24, 2.45) is 5.92 Å². The molecule has 2 fully saturated rings. The molecule has 0 radical (unpaired) electrons. The molecule has 2 aliphatic rings. The molecule has 3 atom stereocenters. The van der Waals surface area contributed by atoms with Crippen LogP contribution < -0.4 is 4.74 Å². The van der Waals surface area contributed by atoms with Crippen LogP contribution in [0.1, 0.15) is 25.8 Å². The van der Waals surface area contributed by atoms with Crippen molar-refractivity contribution >= 4 is 20.2 Å². The second-order valence-electron chi connectivity index (χ2n) is 8.40. The lowest BCUT2D eigenvalue weighted by molar-refractivity contribution is -0.167. The molecule has 0 aromatic heterocycles. The lowest BCUT2D eigenvalue weighted by Gasteiger charge is -2.50. The maximum atomic E-state index is 13.3. The summed E-state index contributed by atoms with van der Waals surface area (Å²) in [6.45, 7) is 8.31. The zero-order valence-electron chi connectivity index (χ0n) is 17.0. The smallest absolute Gasteiger partial charge is 0.334 e. The summed E-state index contributed by atoms with van der Waals surface area (Å²) in [7, 11) is 1.02. The van der Waals surface area contributed by atoms with Crippen molar-refractivity contribution in [2.75, 3.05) is 14.2 Å². The van der Waals surface area contributed by atoms with E-state index in [0.29, 0.717) is 6.54 Å². The van der Waals surface area contributed by atoms with Crippen LogP contribution in [0.5, 0.6) is 5.75 Å². The second kappa shape index (κ2) is 6.63. The third kappa shape index (κ3) is 2.97. The van der Waals surface area contributed by atoms with Crippen LogP contribution in [0.3, 0.4) is 0 Å². The lowest BCUT2D eigenvalue weighted by atomic mass is 9.76. The number of carbonyl (C=O) groups excluding carboxylic acids is 2. The number of esters is 1. The maximum absolute atomic E-state index is 13.3. The highest BCUT2D eigenvalue weighted by Gasteiger charge is 2.71. The largest absolute Gasteiger partial charge is 0.497 e. The molecular weight excluding hydrogens is 362 g/mol. The first-order chi connectivity index (χ1) is 12.6. The standard InChI is InChI=1S/C20H29NO5Si/c1-19(18(23)25-4)20(2)16(11-12-27(5,6)26-20)17(22)21(19)13-14-7-9-15(24-3)10-8-14/h7-10,16H,11-13H2,1-6H3/t16-,19+,20-/m0/s1. The predicted octanol–water partition coefficient (Wildman–Crippen LogP) is 2.97. The van der Waals surface area contributed by atoms with Crippen LogP contribution in [0.4, 0.5) is 0 Å². The first-order valence-corrected chi connectivity index (χ1v) is 12.4. The lowest BCUT2D eigenvalue weighted by Crippen LogP contribution is -2.66. The van der Waals surface area contributed by atoms with Gasteiger partial charge in [0.25, 0.3) is 0 Å². The minimum atomic E-state index is -1.96. The first kappa shape index (κ1) is 19.9. The van der Waals surface area contributed by atoms with Gasteiger partial charge in [-0.3, -0.25) is 4.79 Å². The molecule has 3 rings (SSSR count). The molecule has 2 saturated heterocycles. The van der Waals surface area contributed by atoms with Crippen molar-refractivity contribution in [3.63, 3.8) is 0 Å². The third-order valence-electron chi connectivity index (χ3n) is 6.34. The summed E-state index contributed by atoms with van der Waals surface area (Å²) in [6.07, 6.45) is 0.750. The highest BCUT2D eigenvalue weighted by atomic mass is 28.4. The molecule has 0 saturated carbocycles. The number of amides is 1. The molecule has 0 N–H and O–H groups in total. The summed E-state index contributed by atoms with van der Waals surface area (Å²) in [5.41, 5.74) is -1.14. The topological polar surface area (TPSA) is 65.1 Å². The number of rotatable bonds is 4. The van der Waals surface area contributed by atoms with Crippen molar-refractivity contribution in [3.05, 3.63) is 29.8 Å². The highest BCUT2D eigenvalue weighted by molar-refractivity contribution is 6.71. The Kier molecular flexibility index (Phi) is 4.89. The van der Waals surface area contributed by atoms with E-state index in [4.69, 9.17) is 13.9 Å². The van der Waals surface area contributed by atoms with Crippen LogP contribution >= 0.6 is 0 Å². The van der Waals surface area contributed by atoms with Gasteiger partial charge in [-0.25, -0.2) is 4.79 Å². The van der Waals surface area contributed by atoms with E-state index in [2.05, 4.69) is 13.1 Å². The highest BCUT2D eigenvalue weighted by Crippen LogP contribution is 2.53. The van der Waals surface area contributed by atoms with Gasteiger partial charge in [-0.2, -0.15) is 0 Å². The number of hydrogen-bond donors (Lipinski definition) is 0. The fourth-order valence-corrected chi connectivity index (χ4v) is 7.17. The Hall–Kier alpha value is -1.86. The van der Waals surface area contributed by atoms with Crippen molar-refractivity contribution in [1.82, 2.24) is 4.90 Å². The fraction of sp³-hybridized carbons (Fsp3) is 0.600. The van der Waals surface area contributed by atoms with Crippen molar-refractivity contribution in [2.45, 2.75) is 57.1 Å². The van der Waals surface area contributed by atoms with Gasteiger partial charge in [0.15, 0.2) is 13.9 Å². The zero-order chi connectivity index (χ0) is 20.0. The van der Waals surface area contributed by atoms with Crippen molar-refractivity contribution in [1.29, 1.82) is 0 Å². The Morgan fingerprint density at radius 2 is 1.89 bits per heavy atom. The minimum Gasteiger partial charge on any atom is -0.497 e. The molecule has 2 aliphatic heterocycles. The monoisotopic (exact) mass is 391 g/mol. The van der Waals surface area contributed by atoms with Gasteiger partial charge in [0.05, 0.1) is 25.7 Å². The number of carbonyl (C=O) groups is 2. The number of methoxy groups -OCH3 is 2. The van der Waals surface area contributed by atoms with Crippen LogP contribution in [-0.4, -0.2) is 50.5 Å². The molecule has 148 valence electrons. The Morgan fingerprint density at radius 3 is 2.44 bits per heavy atom. The summed E-state index contributed by atoms with van der Waals surface area (Å²) < 4.78 is 16.9. The average molecular weight is 392 g/mol. The van der Waals surface area contributed by atoms with Gasteiger partial charge in [0.2, 0.25) is 5.91 Å². The molecule has 1 aromatic carbocycles. The summed E-state index contributed by atoms with van der Waals surface area (Å²) in [4.78, 5) is 28.0. The number of nitrogens with zero attached hydrogens (tertiary/aromatic N) is 1. The Balaban J connectivity index is 2.03. The van der Waals surface area contributed by atoms with Gasteiger partial charge < -0.3 is 18.8 Å². The molecule has 0 spiro atoms. The molecule has 0 bridgehead atoms. The molecule has 7 heteroatoms. The number of hydrogen-bond acceptors (Lipinski definition) is 5. The number of ether oxygens (including phenoxy) is 2. The van der Waals surface area contributed by atoms with Gasteiger partial charge in [-0.05, 0) is 57.1 Å². The SMILES string of the molecule is COC(=O)[C@@]1(C)N(Cc2ccc(OC)cc2)C(=O)[C@@H]2CC[Si](C)(C)O[C@@]21C. The second-order valence-corrected chi connectivity index (χ2v) is 12.6. The van der Waals surface area contributed by atoms with Crippen molar-refractivity contribution < 1.29 is 23.5 Å². The Morgan fingerprint density at radius 1 is 1.26 bits per heavy atom. The van der Waals surface area contributed by atoms with Gasteiger partial charge in [-0.15, -0.1) is 0 Å². The summed E-state index contributed by atoms with van der Waals surface area (Å²) in [5.74, 6) is -0.0499. The van der Waals surface area contributed by atoms with E-state index in [9.17, 15) is 9.59 Å². The number of likely N-dealkylation sites (tertiary alicyclic amines) is 1. The zero-order valence-corrected chi connectivity index (χ0v) is 18.0. The maximum Gasteiger partial charge on any atom is 0.334 e. The normalized spacial score (nSPS) is 32.1. The van der Waals surface area contributed by atoms with E-state index >= 15 is 0 Å². The third-order valence-corrected chi connectivity index (χ3v) is 8.81. The summed E-state index contributed by atoms with van der Waals surface area (Å²) >= 11 is 0. The predicted molar refractivity (Wildman–Crippen MR) is 104 cm³/mol. The molecule has 27 heavy (non-hydrogen) atoms. The molecular formula is C20H29NO5Si. The fourth-order valence-electron chi connectivity index (χ4n) is 4.60. The van der Waals surface area contributed by atoms with E-state index in [1.165, 1.54) is 7.11 Å². The summed E-state index contributed by atoms with van der Waals surface area (Å²) in [5, 5.41) is 0. The molecule has 1 amide bonds. The van der Waals surface area contributed by atoms with Gasteiger partial charge in [0.1, 0.15) is 5.75 Å². The Bertz CT molecular complexity index is 749. The van der Waals surface area contributed by atoms with E-state index in [1.54, 1.807) is 18.9 Å². The quantitative estimate of drug-likeness (QED) is 0.583. The molecule has 6 nitrogen and oxygen atoms in total.